The number of anilines is 1. The van der Waals surface area contributed by atoms with Crippen molar-refractivity contribution in [3.8, 4) is 0 Å². The average Bonchev–Trinajstić information content (AvgIpc) is 2.41. The number of aryl methyl sites for hydroxylation is 1. The normalized spacial score (nSPS) is 10.4. The minimum atomic E-state index is -0.809. The van der Waals surface area contributed by atoms with Gasteiger partial charge in [0.1, 0.15) is 0 Å². The Hall–Kier alpha value is -1.90. The van der Waals surface area contributed by atoms with E-state index in [9.17, 15) is 8.78 Å². The van der Waals surface area contributed by atoms with Gasteiger partial charge in [-0.1, -0.05) is 31.2 Å². The molecule has 0 aliphatic rings. The van der Waals surface area contributed by atoms with Crippen LogP contribution < -0.4 is 5.32 Å². The molecule has 0 aliphatic heterocycles. The lowest BCUT2D eigenvalue weighted by atomic mass is 10.1. The van der Waals surface area contributed by atoms with Crippen LogP contribution in [0.5, 0.6) is 0 Å². The van der Waals surface area contributed by atoms with Crippen LogP contribution in [0.2, 0.25) is 0 Å². The number of halogens is 2. The average molecular weight is 247 g/mol. The molecule has 0 fully saturated rings. The maximum absolute atomic E-state index is 13.4. The summed E-state index contributed by atoms with van der Waals surface area (Å²) in [6, 6.07) is 12.1. The molecule has 0 saturated carbocycles. The highest BCUT2D eigenvalue weighted by molar-refractivity contribution is 5.46. The second-order valence-corrected chi connectivity index (χ2v) is 4.12. The third kappa shape index (κ3) is 2.86. The molecule has 0 spiro atoms. The molecule has 2 aromatic rings. The van der Waals surface area contributed by atoms with E-state index < -0.39 is 11.6 Å². The van der Waals surface area contributed by atoms with Crippen LogP contribution in [0.25, 0.3) is 0 Å². The summed E-state index contributed by atoms with van der Waals surface area (Å²) in [4.78, 5) is 0. The Morgan fingerprint density at radius 2 is 1.83 bits per heavy atom. The molecule has 0 unspecified atom stereocenters. The van der Waals surface area contributed by atoms with Crippen molar-refractivity contribution in [2.45, 2.75) is 19.9 Å². The van der Waals surface area contributed by atoms with E-state index in [0.717, 1.165) is 18.2 Å². The summed E-state index contributed by atoms with van der Waals surface area (Å²) in [5, 5.41) is 3.10. The molecule has 2 rings (SSSR count). The third-order valence-corrected chi connectivity index (χ3v) is 2.85. The lowest BCUT2D eigenvalue weighted by Gasteiger charge is -2.09. The van der Waals surface area contributed by atoms with Crippen molar-refractivity contribution in [2.24, 2.45) is 0 Å². The number of benzene rings is 2. The smallest absolute Gasteiger partial charge is 0.163 e. The van der Waals surface area contributed by atoms with E-state index in [1.165, 1.54) is 11.6 Å². The standard InChI is InChI=1S/C15H15F2N/c1-2-11-5-3-7-13(9-11)18-10-12-6-4-8-14(16)15(12)17/h3-9,18H,2,10H2,1H3. The van der Waals surface area contributed by atoms with Crippen molar-refractivity contribution in [3.05, 3.63) is 65.2 Å². The van der Waals surface area contributed by atoms with Gasteiger partial charge in [0.2, 0.25) is 0 Å². The number of rotatable bonds is 4. The summed E-state index contributed by atoms with van der Waals surface area (Å²) >= 11 is 0. The molecule has 0 bridgehead atoms. The number of hydrogen-bond acceptors (Lipinski definition) is 1. The highest BCUT2D eigenvalue weighted by Gasteiger charge is 2.06. The van der Waals surface area contributed by atoms with Gasteiger partial charge in [-0.05, 0) is 30.2 Å². The van der Waals surface area contributed by atoms with E-state index in [1.807, 2.05) is 24.3 Å². The predicted molar refractivity (Wildman–Crippen MR) is 69.5 cm³/mol. The van der Waals surface area contributed by atoms with E-state index in [-0.39, 0.29) is 6.54 Å². The Balaban J connectivity index is 2.09. The van der Waals surface area contributed by atoms with E-state index in [4.69, 9.17) is 0 Å². The first kappa shape index (κ1) is 12.6. The van der Waals surface area contributed by atoms with Gasteiger partial charge in [-0.25, -0.2) is 8.78 Å². The minimum absolute atomic E-state index is 0.275. The van der Waals surface area contributed by atoms with Gasteiger partial charge >= 0.3 is 0 Å². The summed E-state index contributed by atoms with van der Waals surface area (Å²) < 4.78 is 26.5. The zero-order valence-corrected chi connectivity index (χ0v) is 10.2. The molecule has 0 amide bonds. The summed E-state index contributed by atoms with van der Waals surface area (Å²) in [6.45, 7) is 2.35. The Morgan fingerprint density at radius 1 is 1.06 bits per heavy atom. The maximum atomic E-state index is 13.4. The van der Waals surface area contributed by atoms with Crippen LogP contribution in [0.3, 0.4) is 0 Å². The quantitative estimate of drug-likeness (QED) is 0.856. The van der Waals surface area contributed by atoms with Gasteiger partial charge in [-0.15, -0.1) is 0 Å². The van der Waals surface area contributed by atoms with Crippen molar-refractivity contribution in [2.75, 3.05) is 5.32 Å². The van der Waals surface area contributed by atoms with Gasteiger partial charge in [-0.3, -0.25) is 0 Å². The lowest BCUT2D eigenvalue weighted by Crippen LogP contribution is -2.03. The molecule has 0 radical (unpaired) electrons. The largest absolute Gasteiger partial charge is 0.381 e. The molecule has 0 atom stereocenters. The van der Waals surface area contributed by atoms with Crippen LogP contribution in [0.4, 0.5) is 14.5 Å². The van der Waals surface area contributed by atoms with Gasteiger partial charge in [0, 0.05) is 17.8 Å². The van der Waals surface area contributed by atoms with Crippen LogP contribution in [0.15, 0.2) is 42.5 Å². The second-order valence-electron chi connectivity index (χ2n) is 4.12. The maximum Gasteiger partial charge on any atom is 0.163 e. The van der Waals surface area contributed by atoms with Crippen LogP contribution in [0.1, 0.15) is 18.1 Å². The molecular formula is C15H15F2N. The fourth-order valence-electron chi connectivity index (χ4n) is 1.78. The lowest BCUT2D eigenvalue weighted by molar-refractivity contribution is 0.500. The van der Waals surface area contributed by atoms with Gasteiger partial charge in [0.15, 0.2) is 11.6 Å². The van der Waals surface area contributed by atoms with Crippen molar-refractivity contribution in [1.82, 2.24) is 0 Å². The highest BCUT2D eigenvalue weighted by Crippen LogP contribution is 2.15. The Kier molecular flexibility index (Phi) is 3.92. The first-order valence-corrected chi connectivity index (χ1v) is 5.96. The fraction of sp³-hybridized carbons (Fsp3) is 0.200. The van der Waals surface area contributed by atoms with E-state index in [2.05, 4.69) is 12.2 Å². The first-order valence-electron chi connectivity index (χ1n) is 5.96. The summed E-state index contributed by atoms with van der Waals surface area (Å²) in [5.74, 6) is -1.59. The van der Waals surface area contributed by atoms with Gasteiger partial charge in [-0.2, -0.15) is 0 Å². The Bertz CT molecular complexity index is 538. The molecular weight excluding hydrogens is 232 g/mol. The third-order valence-electron chi connectivity index (χ3n) is 2.85. The molecule has 18 heavy (non-hydrogen) atoms. The van der Waals surface area contributed by atoms with Gasteiger partial charge in [0.25, 0.3) is 0 Å². The van der Waals surface area contributed by atoms with E-state index in [1.54, 1.807) is 6.07 Å². The molecule has 1 N–H and O–H groups in total. The monoisotopic (exact) mass is 247 g/mol. The number of hydrogen-bond donors (Lipinski definition) is 1. The minimum Gasteiger partial charge on any atom is -0.381 e. The van der Waals surface area contributed by atoms with Gasteiger partial charge < -0.3 is 5.32 Å². The topological polar surface area (TPSA) is 12.0 Å². The fourth-order valence-corrected chi connectivity index (χ4v) is 1.78. The summed E-state index contributed by atoms with van der Waals surface area (Å²) in [5.41, 5.74) is 2.45. The van der Waals surface area contributed by atoms with Gasteiger partial charge in [0.05, 0.1) is 0 Å². The van der Waals surface area contributed by atoms with Crippen LogP contribution in [-0.2, 0) is 13.0 Å². The summed E-state index contributed by atoms with van der Waals surface area (Å²) in [7, 11) is 0. The van der Waals surface area contributed by atoms with Crippen LogP contribution in [0, 0.1) is 11.6 Å². The van der Waals surface area contributed by atoms with Crippen molar-refractivity contribution < 1.29 is 8.78 Å². The van der Waals surface area contributed by atoms with E-state index in [0.29, 0.717) is 5.56 Å². The molecule has 0 heterocycles. The van der Waals surface area contributed by atoms with E-state index >= 15 is 0 Å². The van der Waals surface area contributed by atoms with Crippen LogP contribution >= 0.6 is 0 Å². The predicted octanol–water partition coefficient (Wildman–Crippen LogP) is 4.14. The molecule has 0 saturated heterocycles. The van der Waals surface area contributed by atoms with Crippen molar-refractivity contribution >= 4 is 5.69 Å². The molecule has 2 aromatic carbocycles. The highest BCUT2D eigenvalue weighted by atomic mass is 19.2. The zero-order valence-electron chi connectivity index (χ0n) is 10.2. The van der Waals surface area contributed by atoms with Crippen molar-refractivity contribution in [1.29, 1.82) is 0 Å². The number of nitrogens with one attached hydrogen (secondary N) is 1. The SMILES string of the molecule is CCc1cccc(NCc2cccc(F)c2F)c1. The molecule has 94 valence electrons. The first-order chi connectivity index (χ1) is 8.70. The summed E-state index contributed by atoms with van der Waals surface area (Å²) in [6.07, 6.45) is 0.948. The Morgan fingerprint density at radius 3 is 2.61 bits per heavy atom. The molecule has 0 aliphatic carbocycles. The zero-order chi connectivity index (χ0) is 13.0. The second kappa shape index (κ2) is 5.63. The molecule has 0 aromatic heterocycles. The van der Waals surface area contributed by atoms with Crippen LogP contribution in [-0.4, -0.2) is 0 Å². The Labute approximate surface area is 105 Å². The van der Waals surface area contributed by atoms with Crippen molar-refractivity contribution in [3.63, 3.8) is 0 Å². The molecule has 1 nitrogen and oxygen atoms in total. The molecule has 3 heteroatoms.